The SMILES string of the molecule is CN=C(NCC(C)(C)c1ccc(Cl)cc1)N1CCOC(c2cnn(C)c2)C1. The molecule has 1 atom stereocenters. The van der Waals surface area contributed by atoms with Crippen LogP contribution in [-0.2, 0) is 17.2 Å². The predicted octanol–water partition coefficient (Wildman–Crippen LogP) is 3.00. The van der Waals surface area contributed by atoms with Crippen molar-refractivity contribution in [2.45, 2.75) is 25.4 Å². The second kappa shape index (κ2) is 8.31. The number of aryl methyl sites for hydroxylation is 1. The molecule has 0 aliphatic carbocycles. The van der Waals surface area contributed by atoms with E-state index in [1.54, 1.807) is 4.68 Å². The number of ether oxygens (including phenoxy) is 1. The number of hydrogen-bond donors (Lipinski definition) is 1. The van der Waals surface area contributed by atoms with Gasteiger partial charge in [-0.05, 0) is 17.7 Å². The lowest BCUT2D eigenvalue weighted by Gasteiger charge is -2.36. The molecule has 6 nitrogen and oxygen atoms in total. The van der Waals surface area contributed by atoms with E-state index in [1.807, 2.05) is 38.6 Å². The number of morpholine rings is 1. The molecule has 0 bridgehead atoms. The minimum Gasteiger partial charge on any atom is -0.370 e. The van der Waals surface area contributed by atoms with Crippen molar-refractivity contribution < 1.29 is 4.74 Å². The number of nitrogens with one attached hydrogen (secondary N) is 1. The van der Waals surface area contributed by atoms with E-state index in [0.717, 1.165) is 36.2 Å². The second-order valence-corrected chi connectivity index (χ2v) is 7.98. The molecule has 146 valence electrons. The van der Waals surface area contributed by atoms with Gasteiger partial charge in [-0.15, -0.1) is 0 Å². The van der Waals surface area contributed by atoms with E-state index in [1.165, 1.54) is 5.56 Å². The van der Waals surface area contributed by atoms with Crippen LogP contribution in [0, 0.1) is 0 Å². The Morgan fingerprint density at radius 3 is 2.74 bits per heavy atom. The van der Waals surface area contributed by atoms with Crippen LogP contribution in [0.15, 0.2) is 41.7 Å². The zero-order valence-corrected chi connectivity index (χ0v) is 17.2. The molecule has 0 radical (unpaired) electrons. The number of benzene rings is 1. The third kappa shape index (κ3) is 4.82. The molecule has 1 aromatic heterocycles. The lowest BCUT2D eigenvalue weighted by atomic mass is 9.84. The highest BCUT2D eigenvalue weighted by atomic mass is 35.5. The standard InChI is InChI=1S/C20H28ClN5O/c1-20(2,16-5-7-17(21)8-6-16)14-23-19(22-3)26-9-10-27-18(13-26)15-11-24-25(4)12-15/h5-8,11-12,18H,9-10,13-14H2,1-4H3,(H,22,23). The average Bonchev–Trinajstić information content (AvgIpc) is 3.09. The van der Waals surface area contributed by atoms with Crippen LogP contribution < -0.4 is 5.32 Å². The van der Waals surface area contributed by atoms with E-state index < -0.39 is 0 Å². The number of aliphatic imine (C=N–C) groups is 1. The summed E-state index contributed by atoms with van der Waals surface area (Å²) in [4.78, 5) is 6.74. The Labute approximate surface area is 166 Å². The van der Waals surface area contributed by atoms with Gasteiger partial charge in [0.2, 0.25) is 0 Å². The van der Waals surface area contributed by atoms with Gasteiger partial charge in [0, 0.05) is 49.4 Å². The summed E-state index contributed by atoms with van der Waals surface area (Å²) in [7, 11) is 3.75. The van der Waals surface area contributed by atoms with E-state index in [0.29, 0.717) is 6.61 Å². The number of nitrogens with zero attached hydrogens (tertiary/aromatic N) is 4. The highest BCUT2D eigenvalue weighted by Gasteiger charge is 2.27. The van der Waals surface area contributed by atoms with Crippen LogP contribution in [0.2, 0.25) is 5.02 Å². The summed E-state index contributed by atoms with van der Waals surface area (Å²) >= 11 is 6.02. The maximum absolute atomic E-state index is 6.02. The second-order valence-electron chi connectivity index (χ2n) is 7.54. The Balaban J connectivity index is 1.63. The lowest BCUT2D eigenvalue weighted by molar-refractivity contribution is -0.00808. The number of guanidine groups is 1. The Morgan fingerprint density at radius 1 is 1.37 bits per heavy atom. The van der Waals surface area contributed by atoms with Crippen molar-refractivity contribution in [1.82, 2.24) is 20.0 Å². The van der Waals surface area contributed by atoms with Gasteiger partial charge in [-0.1, -0.05) is 37.6 Å². The van der Waals surface area contributed by atoms with Crippen molar-refractivity contribution in [3.8, 4) is 0 Å². The van der Waals surface area contributed by atoms with Crippen LogP contribution in [0.25, 0.3) is 0 Å². The molecule has 2 aromatic rings. The summed E-state index contributed by atoms with van der Waals surface area (Å²) in [5.41, 5.74) is 2.29. The molecular weight excluding hydrogens is 362 g/mol. The summed E-state index contributed by atoms with van der Waals surface area (Å²) in [5.74, 6) is 0.897. The summed E-state index contributed by atoms with van der Waals surface area (Å²) in [6.45, 7) is 7.45. The van der Waals surface area contributed by atoms with Gasteiger partial charge >= 0.3 is 0 Å². The fourth-order valence-corrected chi connectivity index (χ4v) is 3.41. The van der Waals surface area contributed by atoms with E-state index in [2.05, 4.69) is 46.3 Å². The van der Waals surface area contributed by atoms with E-state index in [9.17, 15) is 0 Å². The van der Waals surface area contributed by atoms with Gasteiger partial charge in [0.1, 0.15) is 6.10 Å². The zero-order chi connectivity index (χ0) is 19.4. The van der Waals surface area contributed by atoms with Crippen LogP contribution in [0.4, 0.5) is 0 Å². The Hall–Kier alpha value is -2.05. The smallest absolute Gasteiger partial charge is 0.193 e. The molecular formula is C20H28ClN5O. The maximum Gasteiger partial charge on any atom is 0.193 e. The molecule has 1 aliphatic heterocycles. The minimum atomic E-state index is -0.0461. The van der Waals surface area contributed by atoms with Crippen molar-refractivity contribution in [2.24, 2.45) is 12.0 Å². The number of aromatic nitrogens is 2. The summed E-state index contributed by atoms with van der Waals surface area (Å²) < 4.78 is 7.74. The largest absolute Gasteiger partial charge is 0.370 e. The molecule has 0 spiro atoms. The van der Waals surface area contributed by atoms with Crippen molar-refractivity contribution in [3.63, 3.8) is 0 Å². The fourth-order valence-electron chi connectivity index (χ4n) is 3.29. The monoisotopic (exact) mass is 389 g/mol. The normalized spacial score (nSPS) is 18.6. The van der Waals surface area contributed by atoms with Crippen LogP contribution in [0.5, 0.6) is 0 Å². The highest BCUT2D eigenvalue weighted by Crippen LogP contribution is 2.25. The first-order valence-electron chi connectivity index (χ1n) is 9.21. The molecule has 0 saturated carbocycles. The third-order valence-corrected chi connectivity index (χ3v) is 5.24. The molecule has 1 aliphatic rings. The molecule has 0 amide bonds. The topological polar surface area (TPSA) is 54.7 Å². The van der Waals surface area contributed by atoms with Crippen LogP contribution in [0.1, 0.15) is 31.1 Å². The maximum atomic E-state index is 6.02. The summed E-state index contributed by atoms with van der Waals surface area (Å²) in [6.07, 6.45) is 3.89. The predicted molar refractivity (Wildman–Crippen MR) is 109 cm³/mol. The van der Waals surface area contributed by atoms with Crippen molar-refractivity contribution in [2.75, 3.05) is 33.3 Å². The van der Waals surface area contributed by atoms with Gasteiger partial charge in [0.25, 0.3) is 0 Å². The quantitative estimate of drug-likeness (QED) is 0.645. The van der Waals surface area contributed by atoms with E-state index in [4.69, 9.17) is 16.3 Å². The molecule has 1 saturated heterocycles. The third-order valence-electron chi connectivity index (χ3n) is 4.99. The van der Waals surface area contributed by atoms with Gasteiger partial charge in [0.05, 0.1) is 19.3 Å². The highest BCUT2D eigenvalue weighted by molar-refractivity contribution is 6.30. The number of rotatable bonds is 4. The van der Waals surface area contributed by atoms with Gasteiger partial charge in [-0.3, -0.25) is 9.67 Å². The minimum absolute atomic E-state index is 0.00951. The molecule has 27 heavy (non-hydrogen) atoms. The Morgan fingerprint density at radius 2 is 2.11 bits per heavy atom. The van der Waals surface area contributed by atoms with Gasteiger partial charge in [0.15, 0.2) is 5.96 Å². The summed E-state index contributed by atoms with van der Waals surface area (Å²) in [6, 6.07) is 8.04. The van der Waals surface area contributed by atoms with Crippen LogP contribution >= 0.6 is 11.6 Å². The van der Waals surface area contributed by atoms with Gasteiger partial charge < -0.3 is 15.0 Å². The van der Waals surface area contributed by atoms with E-state index in [-0.39, 0.29) is 11.5 Å². The zero-order valence-electron chi connectivity index (χ0n) is 16.4. The average molecular weight is 390 g/mol. The molecule has 2 heterocycles. The summed E-state index contributed by atoms with van der Waals surface area (Å²) in [5, 5.41) is 8.55. The molecule has 1 fully saturated rings. The van der Waals surface area contributed by atoms with Crippen LogP contribution in [-0.4, -0.2) is 53.9 Å². The fraction of sp³-hybridized carbons (Fsp3) is 0.500. The number of halogens is 1. The molecule has 1 N–H and O–H groups in total. The first kappa shape index (κ1) is 19.7. The molecule has 7 heteroatoms. The molecule has 3 rings (SSSR count). The lowest BCUT2D eigenvalue weighted by Crippen LogP contribution is -2.50. The first-order valence-corrected chi connectivity index (χ1v) is 9.58. The molecule has 1 unspecified atom stereocenters. The van der Waals surface area contributed by atoms with Crippen molar-refractivity contribution in [3.05, 3.63) is 52.8 Å². The van der Waals surface area contributed by atoms with Crippen LogP contribution in [0.3, 0.4) is 0 Å². The number of hydrogen-bond acceptors (Lipinski definition) is 3. The van der Waals surface area contributed by atoms with E-state index >= 15 is 0 Å². The Bertz CT molecular complexity index is 784. The van der Waals surface area contributed by atoms with Gasteiger partial charge in [-0.25, -0.2) is 0 Å². The van der Waals surface area contributed by atoms with Gasteiger partial charge in [-0.2, -0.15) is 5.10 Å². The van der Waals surface area contributed by atoms with Crippen molar-refractivity contribution >= 4 is 17.6 Å². The molecule has 1 aromatic carbocycles. The first-order chi connectivity index (χ1) is 12.9. The van der Waals surface area contributed by atoms with Crippen molar-refractivity contribution in [1.29, 1.82) is 0 Å². The Kier molecular flexibility index (Phi) is 6.07.